The van der Waals surface area contributed by atoms with Crippen LogP contribution in [0.3, 0.4) is 0 Å². The van der Waals surface area contributed by atoms with Gasteiger partial charge in [-0.1, -0.05) is 29.4 Å². The van der Waals surface area contributed by atoms with Gasteiger partial charge in [-0.2, -0.15) is 0 Å². The van der Waals surface area contributed by atoms with Gasteiger partial charge < -0.3 is 14.7 Å². The van der Waals surface area contributed by atoms with Crippen LogP contribution in [0.5, 0.6) is 0 Å². The molecule has 0 bridgehead atoms. The average Bonchev–Trinajstić information content (AvgIpc) is 2.48. The van der Waals surface area contributed by atoms with Gasteiger partial charge in [0.2, 0.25) is 0 Å². The summed E-state index contributed by atoms with van der Waals surface area (Å²) in [4.78, 5) is 16.2. The molecule has 1 N–H and O–H groups in total. The lowest BCUT2D eigenvalue weighted by atomic mass is 10.0. The molecule has 1 aromatic rings. The highest BCUT2D eigenvalue weighted by Gasteiger charge is 2.19. The molecule has 126 valence electrons. The SMILES string of the molecule is CN(CCc1cccc(C(CO)N=[N+]=[N-])c1)C(=O)OC(C)(C)C. The molecule has 1 amide bonds. The van der Waals surface area contributed by atoms with Crippen LogP contribution in [0.2, 0.25) is 0 Å². The minimum absolute atomic E-state index is 0.245. The second-order valence-corrected chi connectivity index (χ2v) is 6.30. The molecule has 23 heavy (non-hydrogen) atoms. The summed E-state index contributed by atoms with van der Waals surface area (Å²) in [6.45, 7) is 5.74. The van der Waals surface area contributed by atoms with E-state index in [0.717, 1.165) is 11.1 Å². The van der Waals surface area contributed by atoms with Gasteiger partial charge >= 0.3 is 6.09 Å². The fraction of sp³-hybridized carbons (Fsp3) is 0.562. The number of aliphatic hydroxyl groups is 1. The Morgan fingerprint density at radius 1 is 1.48 bits per heavy atom. The minimum atomic E-state index is -0.594. The molecule has 1 unspecified atom stereocenters. The maximum absolute atomic E-state index is 11.9. The first-order chi connectivity index (χ1) is 10.8. The van der Waals surface area contributed by atoms with E-state index in [0.29, 0.717) is 13.0 Å². The summed E-state index contributed by atoms with van der Waals surface area (Å²) in [5.41, 5.74) is 9.74. The molecule has 0 aliphatic rings. The van der Waals surface area contributed by atoms with Crippen LogP contribution in [-0.2, 0) is 11.2 Å². The molecule has 1 aromatic carbocycles. The van der Waals surface area contributed by atoms with Crippen molar-refractivity contribution in [2.24, 2.45) is 5.11 Å². The molecule has 0 saturated carbocycles. The van der Waals surface area contributed by atoms with E-state index in [4.69, 9.17) is 10.3 Å². The van der Waals surface area contributed by atoms with Gasteiger partial charge in [-0.3, -0.25) is 0 Å². The number of hydrogen-bond acceptors (Lipinski definition) is 4. The number of carbonyl (C=O) groups excluding carboxylic acids is 1. The molecule has 0 radical (unpaired) electrons. The predicted octanol–water partition coefficient (Wildman–Crippen LogP) is 3.44. The fourth-order valence-corrected chi connectivity index (χ4v) is 1.95. The molecule has 1 rings (SSSR count). The van der Waals surface area contributed by atoms with E-state index in [-0.39, 0.29) is 12.7 Å². The quantitative estimate of drug-likeness (QED) is 0.493. The third-order valence-electron chi connectivity index (χ3n) is 3.14. The lowest BCUT2D eigenvalue weighted by Crippen LogP contribution is -2.35. The molecule has 1 atom stereocenters. The Hall–Kier alpha value is -2.24. The van der Waals surface area contributed by atoms with Crippen molar-refractivity contribution in [1.29, 1.82) is 0 Å². The van der Waals surface area contributed by atoms with Gasteiger partial charge in [-0.15, -0.1) is 0 Å². The highest BCUT2D eigenvalue weighted by molar-refractivity contribution is 5.67. The van der Waals surface area contributed by atoms with Crippen LogP contribution in [0.25, 0.3) is 10.4 Å². The molecular formula is C16H24N4O3. The van der Waals surface area contributed by atoms with Crippen molar-refractivity contribution in [3.8, 4) is 0 Å². The Morgan fingerprint density at radius 2 is 2.17 bits per heavy atom. The van der Waals surface area contributed by atoms with E-state index in [2.05, 4.69) is 10.0 Å². The first kappa shape index (κ1) is 18.8. The molecule has 7 nitrogen and oxygen atoms in total. The Balaban J connectivity index is 2.68. The molecule has 0 saturated heterocycles. The zero-order valence-corrected chi connectivity index (χ0v) is 14.1. The zero-order chi connectivity index (χ0) is 17.5. The van der Waals surface area contributed by atoms with Crippen molar-refractivity contribution in [3.05, 3.63) is 45.8 Å². The molecule has 7 heteroatoms. The second-order valence-electron chi connectivity index (χ2n) is 6.30. The van der Waals surface area contributed by atoms with E-state index < -0.39 is 11.6 Å². The van der Waals surface area contributed by atoms with Gasteiger partial charge in [0.05, 0.1) is 12.6 Å². The Bertz CT molecular complexity index is 577. The number of amides is 1. The standard InChI is InChI=1S/C16H24N4O3/c1-16(2,3)23-15(22)20(4)9-8-12-6-5-7-13(10-12)14(11-21)18-19-17/h5-7,10,14,21H,8-9,11H2,1-4H3. The van der Waals surface area contributed by atoms with Crippen LogP contribution in [0, 0.1) is 0 Å². The average molecular weight is 320 g/mol. The third-order valence-corrected chi connectivity index (χ3v) is 3.14. The predicted molar refractivity (Wildman–Crippen MR) is 88.0 cm³/mol. The van der Waals surface area contributed by atoms with E-state index >= 15 is 0 Å². The summed E-state index contributed by atoms with van der Waals surface area (Å²) in [7, 11) is 1.69. The molecule has 0 heterocycles. The van der Waals surface area contributed by atoms with E-state index in [1.165, 1.54) is 4.90 Å². The van der Waals surface area contributed by atoms with Crippen molar-refractivity contribution in [1.82, 2.24) is 4.90 Å². The van der Waals surface area contributed by atoms with Gasteiger partial charge in [-0.05, 0) is 43.9 Å². The number of azide groups is 1. The summed E-state index contributed by atoms with van der Waals surface area (Å²) < 4.78 is 5.30. The largest absolute Gasteiger partial charge is 0.444 e. The van der Waals surface area contributed by atoms with Crippen LogP contribution < -0.4 is 0 Å². The number of rotatable bonds is 6. The van der Waals surface area contributed by atoms with Crippen LogP contribution >= 0.6 is 0 Å². The van der Waals surface area contributed by atoms with Gasteiger partial charge in [0, 0.05) is 18.5 Å². The van der Waals surface area contributed by atoms with Crippen LogP contribution in [-0.4, -0.2) is 41.9 Å². The lowest BCUT2D eigenvalue weighted by molar-refractivity contribution is 0.0301. The monoisotopic (exact) mass is 320 g/mol. The molecule has 0 aliphatic carbocycles. The first-order valence-corrected chi connectivity index (χ1v) is 7.45. The van der Waals surface area contributed by atoms with Crippen molar-refractivity contribution in [2.75, 3.05) is 20.2 Å². The number of hydrogen-bond donors (Lipinski definition) is 1. The van der Waals surface area contributed by atoms with Crippen molar-refractivity contribution in [3.63, 3.8) is 0 Å². The highest BCUT2D eigenvalue weighted by atomic mass is 16.6. The topological polar surface area (TPSA) is 98.5 Å². The van der Waals surface area contributed by atoms with Gasteiger partial charge in [0.25, 0.3) is 0 Å². The fourth-order valence-electron chi connectivity index (χ4n) is 1.95. The van der Waals surface area contributed by atoms with Crippen LogP contribution in [0.4, 0.5) is 4.79 Å². The smallest absolute Gasteiger partial charge is 0.410 e. The number of aliphatic hydroxyl groups excluding tert-OH is 1. The lowest BCUT2D eigenvalue weighted by Gasteiger charge is -2.24. The van der Waals surface area contributed by atoms with E-state index in [1.54, 1.807) is 13.1 Å². The summed E-state index contributed by atoms with van der Waals surface area (Å²) in [5, 5.41) is 12.8. The summed E-state index contributed by atoms with van der Waals surface area (Å²) in [6, 6.07) is 6.85. The number of ether oxygens (including phenoxy) is 1. The van der Waals surface area contributed by atoms with Gasteiger partial charge in [0.1, 0.15) is 5.60 Å². The number of likely N-dealkylation sites (N-methyl/N-ethyl adjacent to an activating group) is 1. The zero-order valence-electron chi connectivity index (χ0n) is 14.1. The summed E-state index contributed by atoms with van der Waals surface area (Å²) >= 11 is 0. The number of carbonyl (C=O) groups is 1. The van der Waals surface area contributed by atoms with Crippen molar-refractivity contribution >= 4 is 6.09 Å². The van der Waals surface area contributed by atoms with E-state index in [1.807, 2.05) is 39.0 Å². The van der Waals surface area contributed by atoms with E-state index in [9.17, 15) is 9.90 Å². The highest BCUT2D eigenvalue weighted by Crippen LogP contribution is 2.19. The summed E-state index contributed by atoms with van der Waals surface area (Å²) in [5.74, 6) is 0. The summed E-state index contributed by atoms with van der Waals surface area (Å²) in [6.07, 6.45) is 0.272. The van der Waals surface area contributed by atoms with Gasteiger partial charge in [0.15, 0.2) is 0 Å². The van der Waals surface area contributed by atoms with Crippen LogP contribution in [0.1, 0.15) is 37.9 Å². The maximum Gasteiger partial charge on any atom is 0.410 e. The molecule has 0 spiro atoms. The molecular weight excluding hydrogens is 296 g/mol. The number of nitrogens with zero attached hydrogens (tertiary/aromatic N) is 4. The Morgan fingerprint density at radius 3 is 2.74 bits per heavy atom. The third kappa shape index (κ3) is 6.59. The van der Waals surface area contributed by atoms with Crippen molar-refractivity contribution in [2.45, 2.75) is 38.8 Å². The Kier molecular flexibility index (Phi) is 6.88. The van der Waals surface area contributed by atoms with Gasteiger partial charge in [-0.25, -0.2) is 4.79 Å². The molecule has 0 aromatic heterocycles. The normalized spacial score (nSPS) is 12.2. The number of benzene rings is 1. The van der Waals surface area contributed by atoms with Crippen molar-refractivity contribution < 1.29 is 14.6 Å². The molecule has 0 aliphatic heterocycles. The van der Waals surface area contributed by atoms with Crippen LogP contribution in [0.15, 0.2) is 29.4 Å². The maximum atomic E-state index is 11.9. The second kappa shape index (κ2) is 8.41. The Labute approximate surface area is 136 Å². The molecule has 0 fully saturated rings. The first-order valence-electron chi connectivity index (χ1n) is 7.45. The minimum Gasteiger partial charge on any atom is -0.444 e.